The highest BCUT2D eigenvalue weighted by molar-refractivity contribution is 5.94. The number of benzene rings is 2. The smallest absolute Gasteiger partial charge is 0.335 e. The molecule has 0 fully saturated rings. The predicted octanol–water partition coefficient (Wildman–Crippen LogP) is 3.02. The molecule has 0 unspecified atom stereocenters. The van der Waals surface area contributed by atoms with E-state index in [1.807, 2.05) is 18.2 Å². The summed E-state index contributed by atoms with van der Waals surface area (Å²) in [7, 11) is 0. The summed E-state index contributed by atoms with van der Waals surface area (Å²) in [6.45, 7) is 6.68. The summed E-state index contributed by atoms with van der Waals surface area (Å²) in [6, 6.07) is 10.4. The van der Waals surface area contributed by atoms with Crippen molar-refractivity contribution in [1.82, 2.24) is 0 Å². The van der Waals surface area contributed by atoms with Crippen molar-refractivity contribution in [3.63, 3.8) is 0 Å². The van der Waals surface area contributed by atoms with Crippen LogP contribution in [0.1, 0.15) is 0 Å². The van der Waals surface area contributed by atoms with Crippen molar-refractivity contribution in [1.29, 1.82) is 0 Å². The average molecular weight is 268 g/mol. The number of carbonyl (C=O) groups is 2. The standard InChI is InChI=1S/C16H12O4/c1-3-15(17)19-12-9-11-7-5-6-8-13(11)14(10-12)20-16(18)4-2/h3-10H,1-2H2. The van der Waals surface area contributed by atoms with Gasteiger partial charge >= 0.3 is 11.9 Å². The molecular weight excluding hydrogens is 256 g/mol. The van der Waals surface area contributed by atoms with Crippen molar-refractivity contribution in [2.75, 3.05) is 0 Å². The second-order valence-electron chi connectivity index (χ2n) is 3.89. The van der Waals surface area contributed by atoms with E-state index in [2.05, 4.69) is 13.2 Å². The van der Waals surface area contributed by atoms with Crippen LogP contribution in [-0.4, -0.2) is 11.9 Å². The maximum absolute atomic E-state index is 11.4. The largest absolute Gasteiger partial charge is 0.423 e. The van der Waals surface area contributed by atoms with E-state index in [-0.39, 0.29) is 5.75 Å². The van der Waals surface area contributed by atoms with Gasteiger partial charge in [0.05, 0.1) is 0 Å². The molecule has 0 radical (unpaired) electrons. The molecule has 4 heteroatoms. The van der Waals surface area contributed by atoms with Crippen LogP contribution in [-0.2, 0) is 9.59 Å². The van der Waals surface area contributed by atoms with Crippen molar-refractivity contribution in [3.8, 4) is 11.5 Å². The Morgan fingerprint density at radius 2 is 1.60 bits per heavy atom. The quantitative estimate of drug-likeness (QED) is 0.486. The van der Waals surface area contributed by atoms with E-state index in [9.17, 15) is 9.59 Å². The number of ether oxygens (including phenoxy) is 2. The van der Waals surface area contributed by atoms with E-state index < -0.39 is 11.9 Å². The lowest BCUT2D eigenvalue weighted by Crippen LogP contribution is -2.06. The topological polar surface area (TPSA) is 52.6 Å². The fourth-order valence-electron chi connectivity index (χ4n) is 1.70. The fraction of sp³-hybridized carbons (Fsp3) is 0. The molecule has 2 rings (SSSR count). The highest BCUT2D eigenvalue weighted by atomic mass is 16.5. The summed E-state index contributed by atoms with van der Waals surface area (Å²) in [4.78, 5) is 22.6. The Balaban J connectivity index is 2.51. The number of carbonyl (C=O) groups excluding carboxylic acids is 2. The predicted molar refractivity (Wildman–Crippen MR) is 75.6 cm³/mol. The summed E-state index contributed by atoms with van der Waals surface area (Å²) in [6.07, 6.45) is 2.13. The van der Waals surface area contributed by atoms with Crippen LogP contribution in [0.3, 0.4) is 0 Å². The minimum atomic E-state index is -0.582. The van der Waals surface area contributed by atoms with Gasteiger partial charge in [-0.2, -0.15) is 0 Å². The summed E-state index contributed by atoms with van der Waals surface area (Å²) >= 11 is 0. The van der Waals surface area contributed by atoms with E-state index in [1.54, 1.807) is 12.1 Å². The minimum Gasteiger partial charge on any atom is -0.423 e. The number of hydrogen-bond donors (Lipinski definition) is 0. The van der Waals surface area contributed by atoms with Crippen molar-refractivity contribution in [3.05, 3.63) is 61.7 Å². The third-order valence-corrected chi connectivity index (χ3v) is 2.56. The molecule has 20 heavy (non-hydrogen) atoms. The highest BCUT2D eigenvalue weighted by Crippen LogP contribution is 2.31. The lowest BCUT2D eigenvalue weighted by Gasteiger charge is -2.09. The highest BCUT2D eigenvalue weighted by Gasteiger charge is 2.10. The zero-order valence-corrected chi connectivity index (χ0v) is 10.7. The Kier molecular flexibility index (Phi) is 3.96. The Labute approximate surface area is 115 Å². The minimum absolute atomic E-state index is 0.278. The lowest BCUT2D eigenvalue weighted by atomic mass is 10.1. The third-order valence-electron chi connectivity index (χ3n) is 2.56. The molecule has 0 saturated carbocycles. The molecule has 0 amide bonds. The molecule has 0 aliphatic heterocycles. The van der Waals surface area contributed by atoms with E-state index in [1.165, 1.54) is 6.07 Å². The Morgan fingerprint density at radius 3 is 2.30 bits per heavy atom. The van der Waals surface area contributed by atoms with Crippen molar-refractivity contribution < 1.29 is 19.1 Å². The number of rotatable bonds is 4. The first-order chi connectivity index (χ1) is 9.63. The molecule has 0 aliphatic rings. The van der Waals surface area contributed by atoms with Gasteiger partial charge in [0.1, 0.15) is 11.5 Å². The van der Waals surface area contributed by atoms with Gasteiger partial charge in [-0.3, -0.25) is 0 Å². The molecule has 4 nitrogen and oxygen atoms in total. The zero-order chi connectivity index (χ0) is 14.5. The van der Waals surface area contributed by atoms with Gasteiger partial charge in [0, 0.05) is 23.6 Å². The molecule has 0 spiro atoms. The van der Waals surface area contributed by atoms with Gasteiger partial charge in [0.25, 0.3) is 0 Å². The van der Waals surface area contributed by atoms with Crippen molar-refractivity contribution >= 4 is 22.7 Å². The van der Waals surface area contributed by atoms with Crippen molar-refractivity contribution in [2.24, 2.45) is 0 Å². The van der Waals surface area contributed by atoms with Crippen LogP contribution >= 0.6 is 0 Å². The van der Waals surface area contributed by atoms with Gasteiger partial charge in [-0.25, -0.2) is 9.59 Å². The maximum atomic E-state index is 11.4. The van der Waals surface area contributed by atoms with Crippen LogP contribution in [0, 0.1) is 0 Å². The van der Waals surface area contributed by atoms with Crippen LogP contribution in [0.15, 0.2) is 61.7 Å². The van der Waals surface area contributed by atoms with Crippen LogP contribution < -0.4 is 9.47 Å². The first-order valence-electron chi connectivity index (χ1n) is 5.85. The fourth-order valence-corrected chi connectivity index (χ4v) is 1.70. The molecule has 100 valence electrons. The first kappa shape index (κ1) is 13.5. The second kappa shape index (κ2) is 5.84. The van der Waals surface area contributed by atoms with Crippen LogP contribution in [0.2, 0.25) is 0 Å². The van der Waals surface area contributed by atoms with E-state index in [0.29, 0.717) is 5.75 Å². The van der Waals surface area contributed by atoms with Crippen molar-refractivity contribution in [2.45, 2.75) is 0 Å². The number of hydrogen-bond acceptors (Lipinski definition) is 4. The SMILES string of the molecule is C=CC(=O)Oc1cc(OC(=O)C=C)c2ccccc2c1. The van der Waals surface area contributed by atoms with Crippen LogP contribution in [0.4, 0.5) is 0 Å². The average Bonchev–Trinajstić information content (AvgIpc) is 2.47. The zero-order valence-electron chi connectivity index (χ0n) is 10.7. The summed E-state index contributed by atoms with van der Waals surface area (Å²) in [5, 5.41) is 1.52. The molecule has 0 bridgehead atoms. The summed E-state index contributed by atoms with van der Waals surface area (Å²) in [5.41, 5.74) is 0. The summed E-state index contributed by atoms with van der Waals surface area (Å²) < 4.78 is 10.2. The van der Waals surface area contributed by atoms with E-state index in [0.717, 1.165) is 22.9 Å². The molecule has 0 aromatic heterocycles. The molecular formula is C16H12O4. The lowest BCUT2D eigenvalue weighted by molar-refractivity contribution is -0.129. The van der Waals surface area contributed by atoms with Gasteiger partial charge in [-0.05, 0) is 11.5 Å². The number of esters is 2. The van der Waals surface area contributed by atoms with E-state index in [4.69, 9.17) is 9.47 Å². The molecule has 2 aromatic carbocycles. The molecule has 0 aliphatic carbocycles. The normalized spacial score (nSPS) is 9.80. The summed E-state index contributed by atoms with van der Waals surface area (Å²) in [5.74, 6) is -0.580. The first-order valence-corrected chi connectivity index (χ1v) is 5.85. The molecule has 0 atom stereocenters. The van der Waals surface area contributed by atoms with Gasteiger partial charge in [-0.1, -0.05) is 37.4 Å². The van der Waals surface area contributed by atoms with Gasteiger partial charge in [-0.15, -0.1) is 0 Å². The second-order valence-corrected chi connectivity index (χ2v) is 3.89. The van der Waals surface area contributed by atoms with E-state index >= 15 is 0 Å². The number of fused-ring (bicyclic) bond motifs is 1. The van der Waals surface area contributed by atoms with Gasteiger partial charge in [0.2, 0.25) is 0 Å². The molecule has 0 saturated heterocycles. The Morgan fingerprint density at radius 1 is 0.950 bits per heavy atom. The maximum Gasteiger partial charge on any atom is 0.335 e. The third kappa shape index (κ3) is 2.92. The molecule has 0 N–H and O–H groups in total. The molecule has 0 heterocycles. The van der Waals surface area contributed by atoms with Crippen LogP contribution in [0.5, 0.6) is 11.5 Å². The van der Waals surface area contributed by atoms with Gasteiger partial charge < -0.3 is 9.47 Å². The van der Waals surface area contributed by atoms with Gasteiger partial charge in [0.15, 0.2) is 0 Å². The Bertz CT molecular complexity index is 701. The van der Waals surface area contributed by atoms with Crippen LogP contribution in [0.25, 0.3) is 10.8 Å². The monoisotopic (exact) mass is 268 g/mol. The molecule has 2 aromatic rings. The Hall–Kier alpha value is -2.88.